The first-order chi connectivity index (χ1) is 7.12. The molecular formula is C11H21NO3. The number of hydrogen-bond donors (Lipinski definition) is 1. The number of methoxy groups -OCH3 is 2. The summed E-state index contributed by atoms with van der Waals surface area (Å²) in [5, 5.41) is 3.34. The first-order valence-electron chi connectivity index (χ1n) is 5.47. The van der Waals surface area contributed by atoms with Crippen molar-refractivity contribution in [1.29, 1.82) is 0 Å². The summed E-state index contributed by atoms with van der Waals surface area (Å²) in [7, 11) is 3.00. The van der Waals surface area contributed by atoms with Crippen LogP contribution < -0.4 is 5.32 Å². The van der Waals surface area contributed by atoms with E-state index in [4.69, 9.17) is 9.47 Å². The molecule has 1 atom stereocenters. The van der Waals surface area contributed by atoms with Crippen LogP contribution in [0, 0.1) is 0 Å². The number of carbonyl (C=O) groups is 1. The van der Waals surface area contributed by atoms with Crippen molar-refractivity contribution in [2.45, 2.75) is 44.2 Å². The zero-order valence-electron chi connectivity index (χ0n) is 9.84. The molecule has 88 valence electrons. The summed E-state index contributed by atoms with van der Waals surface area (Å²) < 4.78 is 9.87. The van der Waals surface area contributed by atoms with Gasteiger partial charge >= 0.3 is 5.97 Å². The molecule has 1 aliphatic rings. The number of nitrogens with one attached hydrogen (secondary N) is 1. The molecule has 15 heavy (non-hydrogen) atoms. The lowest BCUT2D eigenvalue weighted by Crippen LogP contribution is -2.56. The Morgan fingerprint density at radius 2 is 2.00 bits per heavy atom. The van der Waals surface area contributed by atoms with Crippen LogP contribution in [0.5, 0.6) is 0 Å². The molecule has 0 saturated heterocycles. The average molecular weight is 215 g/mol. The Morgan fingerprint density at radius 1 is 1.40 bits per heavy atom. The largest absolute Gasteiger partial charge is 0.468 e. The van der Waals surface area contributed by atoms with Crippen molar-refractivity contribution in [2.24, 2.45) is 0 Å². The standard InChI is InChI=1S/C11H21NO3/c1-11(8-14-2,10(13)15-3)12-9-6-4-5-7-9/h9,12H,4-8H2,1-3H3. The van der Waals surface area contributed by atoms with Crippen molar-refractivity contribution in [2.75, 3.05) is 20.8 Å². The second kappa shape index (κ2) is 5.47. The Hall–Kier alpha value is -0.610. The molecule has 0 aromatic rings. The fraction of sp³-hybridized carbons (Fsp3) is 0.909. The molecule has 0 aliphatic heterocycles. The van der Waals surface area contributed by atoms with Crippen molar-refractivity contribution in [3.8, 4) is 0 Å². The van der Waals surface area contributed by atoms with Crippen LogP contribution in [0.2, 0.25) is 0 Å². The zero-order valence-corrected chi connectivity index (χ0v) is 9.84. The minimum Gasteiger partial charge on any atom is -0.468 e. The first-order valence-corrected chi connectivity index (χ1v) is 5.47. The van der Waals surface area contributed by atoms with Crippen LogP contribution in [0.3, 0.4) is 0 Å². The Morgan fingerprint density at radius 3 is 2.47 bits per heavy atom. The van der Waals surface area contributed by atoms with Crippen molar-refractivity contribution in [3.05, 3.63) is 0 Å². The normalized spacial score (nSPS) is 21.3. The molecule has 0 amide bonds. The summed E-state index contributed by atoms with van der Waals surface area (Å²) in [6, 6.07) is 0.421. The summed E-state index contributed by atoms with van der Waals surface area (Å²) in [5.74, 6) is -0.253. The van der Waals surface area contributed by atoms with E-state index < -0.39 is 5.54 Å². The highest BCUT2D eigenvalue weighted by atomic mass is 16.5. The molecule has 0 heterocycles. The van der Waals surface area contributed by atoms with E-state index >= 15 is 0 Å². The van der Waals surface area contributed by atoms with Gasteiger partial charge in [-0.05, 0) is 19.8 Å². The van der Waals surface area contributed by atoms with Gasteiger partial charge in [-0.1, -0.05) is 12.8 Å². The summed E-state index contributed by atoms with van der Waals surface area (Å²) in [6.07, 6.45) is 4.75. The quantitative estimate of drug-likeness (QED) is 0.698. The molecule has 4 nitrogen and oxygen atoms in total. The lowest BCUT2D eigenvalue weighted by atomic mass is 10.0. The van der Waals surface area contributed by atoms with Crippen LogP contribution in [0.25, 0.3) is 0 Å². The average Bonchev–Trinajstić information content (AvgIpc) is 2.69. The van der Waals surface area contributed by atoms with E-state index in [1.54, 1.807) is 7.11 Å². The second-order valence-electron chi connectivity index (χ2n) is 4.38. The minimum absolute atomic E-state index is 0.253. The number of hydrogen-bond acceptors (Lipinski definition) is 4. The van der Waals surface area contributed by atoms with E-state index in [0.29, 0.717) is 12.6 Å². The van der Waals surface area contributed by atoms with Gasteiger partial charge in [0.25, 0.3) is 0 Å². The predicted octanol–water partition coefficient (Wildman–Crippen LogP) is 1.10. The molecular weight excluding hydrogens is 194 g/mol. The van der Waals surface area contributed by atoms with Crippen LogP contribution >= 0.6 is 0 Å². The van der Waals surface area contributed by atoms with E-state index in [-0.39, 0.29) is 5.97 Å². The monoisotopic (exact) mass is 215 g/mol. The van der Waals surface area contributed by atoms with E-state index in [0.717, 1.165) is 12.8 Å². The van der Waals surface area contributed by atoms with Gasteiger partial charge in [-0.2, -0.15) is 0 Å². The summed E-state index contributed by atoms with van der Waals surface area (Å²) in [5.41, 5.74) is -0.710. The Kier molecular flexibility index (Phi) is 4.54. The van der Waals surface area contributed by atoms with Crippen LogP contribution in [0.15, 0.2) is 0 Å². The maximum atomic E-state index is 11.6. The molecule has 0 radical (unpaired) electrons. The van der Waals surface area contributed by atoms with Gasteiger partial charge in [0, 0.05) is 13.2 Å². The van der Waals surface area contributed by atoms with Crippen molar-refractivity contribution in [1.82, 2.24) is 5.32 Å². The Bertz CT molecular complexity index is 214. The molecule has 4 heteroatoms. The smallest absolute Gasteiger partial charge is 0.328 e. The van der Waals surface area contributed by atoms with E-state index in [2.05, 4.69) is 5.32 Å². The highest BCUT2D eigenvalue weighted by molar-refractivity contribution is 5.80. The van der Waals surface area contributed by atoms with E-state index in [1.807, 2.05) is 6.92 Å². The van der Waals surface area contributed by atoms with E-state index in [9.17, 15) is 4.79 Å². The topological polar surface area (TPSA) is 47.6 Å². The second-order valence-corrected chi connectivity index (χ2v) is 4.38. The SMILES string of the molecule is COCC(C)(NC1CCCC1)C(=O)OC. The van der Waals surface area contributed by atoms with Gasteiger partial charge in [-0.15, -0.1) is 0 Å². The molecule has 0 bridgehead atoms. The number of rotatable bonds is 5. The third kappa shape index (κ3) is 3.18. The number of carbonyl (C=O) groups excluding carboxylic acids is 1. The molecule has 0 spiro atoms. The third-order valence-corrected chi connectivity index (χ3v) is 2.95. The van der Waals surface area contributed by atoms with Crippen LogP contribution in [-0.2, 0) is 14.3 Å². The van der Waals surface area contributed by atoms with Gasteiger partial charge in [-0.25, -0.2) is 4.79 Å². The molecule has 0 aromatic heterocycles. The molecule has 1 unspecified atom stereocenters. The summed E-state index contributed by atoms with van der Waals surface area (Å²) in [4.78, 5) is 11.6. The minimum atomic E-state index is -0.710. The molecule has 1 aliphatic carbocycles. The van der Waals surface area contributed by atoms with Crippen LogP contribution in [0.4, 0.5) is 0 Å². The molecule has 1 fully saturated rings. The van der Waals surface area contributed by atoms with Crippen LogP contribution in [-0.4, -0.2) is 38.4 Å². The maximum absolute atomic E-state index is 11.6. The summed E-state index contributed by atoms with van der Waals surface area (Å²) >= 11 is 0. The fourth-order valence-corrected chi connectivity index (χ4v) is 2.19. The van der Waals surface area contributed by atoms with Gasteiger partial charge in [0.05, 0.1) is 13.7 Å². The molecule has 1 N–H and O–H groups in total. The molecule has 1 rings (SSSR count). The highest BCUT2D eigenvalue weighted by Crippen LogP contribution is 2.21. The molecule has 1 saturated carbocycles. The molecule has 0 aromatic carbocycles. The lowest BCUT2D eigenvalue weighted by Gasteiger charge is -2.30. The van der Waals surface area contributed by atoms with Crippen molar-refractivity contribution < 1.29 is 14.3 Å². The number of esters is 1. The third-order valence-electron chi connectivity index (χ3n) is 2.95. The Labute approximate surface area is 91.3 Å². The maximum Gasteiger partial charge on any atom is 0.328 e. The Balaban J connectivity index is 2.58. The zero-order chi connectivity index (χ0) is 11.3. The van der Waals surface area contributed by atoms with E-state index in [1.165, 1.54) is 20.0 Å². The fourth-order valence-electron chi connectivity index (χ4n) is 2.19. The van der Waals surface area contributed by atoms with Crippen LogP contribution in [0.1, 0.15) is 32.6 Å². The van der Waals surface area contributed by atoms with Gasteiger partial charge in [0.2, 0.25) is 0 Å². The first kappa shape index (κ1) is 12.5. The van der Waals surface area contributed by atoms with Crippen molar-refractivity contribution >= 4 is 5.97 Å². The van der Waals surface area contributed by atoms with Gasteiger partial charge in [0.1, 0.15) is 5.54 Å². The van der Waals surface area contributed by atoms with Crippen molar-refractivity contribution in [3.63, 3.8) is 0 Å². The van der Waals surface area contributed by atoms with Gasteiger partial charge in [0.15, 0.2) is 0 Å². The number of ether oxygens (including phenoxy) is 2. The lowest BCUT2D eigenvalue weighted by molar-refractivity contribution is -0.150. The van der Waals surface area contributed by atoms with Gasteiger partial charge in [-0.3, -0.25) is 5.32 Å². The summed E-state index contributed by atoms with van der Waals surface area (Å²) in [6.45, 7) is 2.18. The highest BCUT2D eigenvalue weighted by Gasteiger charge is 2.37. The predicted molar refractivity (Wildman–Crippen MR) is 57.7 cm³/mol. The van der Waals surface area contributed by atoms with Gasteiger partial charge < -0.3 is 9.47 Å².